The number of halogens is 1. The normalized spacial score (nSPS) is 11.1. The average Bonchev–Trinajstić information content (AvgIpc) is 2.15. The van der Waals surface area contributed by atoms with E-state index in [1.54, 1.807) is 0 Å². The zero-order valence-electron chi connectivity index (χ0n) is 8.01. The molecule has 0 aliphatic carbocycles. The van der Waals surface area contributed by atoms with Gasteiger partial charge >= 0.3 is 0 Å². The van der Waals surface area contributed by atoms with Crippen LogP contribution in [-0.4, -0.2) is 24.8 Å². The Kier molecular flexibility index (Phi) is 3.30. The third-order valence-corrected chi connectivity index (χ3v) is 3.14. The van der Waals surface area contributed by atoms with Crippen molar-refractivity contribution in [1.29, 1.82) is 0 Å². The van der Waals surface area contributed by atoms with Crippen molar-refractivity contribution in [1.82, 2.24) is 0 Å². The smallest absolute Gasteiger partial charge is 0.276 e. The minimum Gasteiger partial charge on any atom is -0.276 e. The van der Waals surface area contributed by atoms with Crippen LogP contribution in [-0.2, 0) is 9.84 Å². The lowest BCUT2D eigenvalue weighted by Gasteiger charge is -2.01. The van der Waals surface area contributed by atoms with Crippen LogP contribution in [0.15, 0.2) is 23.1 Å². The number of nitro benzene ring substituents is 1. The van der Waals surface area contributed by atoms with Gasteiger partial charge in [-0.05, 0) is 23.7 Å². The van der Waals surface area contributed by atoms with Gasteiger partial charge in [-0.25, -0.2) is 8.42 Å². The summed E-state index contributed by atoms with van der Waals surface area (Å²) in [7, 11) is -3.72. The highest BCUT2D eigenvalue weighted by Crippen LogP contribution is 2.25. The second-order valence-electron chi connectivity index (χ2n) is 2.99. The van der Waals surface area contributed by atoms with Gasteiger partial charge in [0.25, 0.3) is 10.9 Å². The fraction of sp³-hybridized carbons (Fsp3) is 0.125. The van der Waals surface area contributed by atoms with Crippen LogP contribution in [0.2, 0.25) is 0 Å². The summed E-state index contributed by atoms with van der Waals surface area (Å²) in [5, 5.41) is 9.74. The SMILES string of the molecule is CS(=O)(=O)c1ccc(C(=O)Cl)cc1[N+](=O)[O-]. The van der Waals surface area contributed by atoms with E-state index < -0.39 is 30.6 Å². The van der Waals surface area contributed by atoms with Gasteiger partial charge in [-0.3, -0.25) is 14.9 Å². The van der Waals surface area contributed by atoms with Gasteiger partial charge in [0.2, 0.25) is 0 Å². The molecular formula is C8H6ClNO5S. The molecule has 0 aromatic heterocycles. The summed E-state index contributed by atoms with van der Waals surface area (Å²) < 4.78 is 22.4. The van der Waals surface area contributed by atoms with Crippen molar-refractivity contribution in [3.63, 3.8) is 0 Å². The highest BCUT2D eigenvalue weighted by Gasteiger charge is 2.23. The lowest BCUT2D eigenvalue weighted by Crippen LogP contribution is -2.04. The van der Waals surface area contributed by atoms with Crippen molar-refractivity contribution in [2.75, 3.05) is 6.26 Å². The first-order valence-electron chi connectivity index (χ1n) is 3.92. The molecule has 0 bridgehead atoms. The van der Waals surface area contributed by atoms with Crippen LogP contribution in [0.5, 0.6) is 0 Å². The molecule has 0 saturated carbocycles. The van der Waals surface area contributed by atoms with Gasteiger partial charge in [0, 0.05) is 17.9 Å². The van der Waals surface area contributed by atoms with Crippen molar-refractivity contribution in [3.8, 4) is 0 Å². The van der Waals surface area contributed by atoms with Crippen molar-refractivity contribution < 1.29 is 18.1 Å². The first kappa shape index (κ1) is 12.6. The quantitative estimate of drug-likeness (QED) is 0.466. The lowest BCUT2D eigenvalue weighted by atomic mass is 10.2. The van der Waals surface area contributed by atoms with Gasteiger partial charge in [0.15, 0.2) is 9.84 Å². The van der Waals surface area contributed by atoms with Gasteiger partial charge in [0.1, 0.15) is 4.90 Å². The Balaban J connectivity index is 3.55. The Morgan fingerprint density at radius 3 is 2.38 bits per heavy atom. The number of nitrogens with zero attached hydrogens (tertiary/aromatic N) is 1. The number of carbonyl (C=O) groups excluding carboxylic acids is 1. The van der Waals surface area contributed by atoms with Crippen LogP contribution in [0.3, 0.4) is 0 Å². The largest absolute Gasteiger partial charge is 0.288 e. The number of carbonyl (C=O) groups is 1. The van der Waals surface area contributed by atoms with Crippen molar-refractivity contribution >= 4 is 32.4 Å². The van der Waals surface area contributed by atoms with E-state index in [-0.39, 0.29) is 5.56 Å². The molecule has 1 aromatic carbocycles. The van der Waals surface area contributed by atoms with Gasteiger partial charge in [-0.15, -0.1) is 0 Å². The van der Waals surface area contributed by atoms with Crippen LogP contribution >= 0.6 is 11.6 Å². The van der Waals surface area contributed by atoms with E-state index in [9.17, 15) is 23.3 Å². The first-order chi connectivity index (χ1) is 7.23. The Morgan fingerprint density at radius 1 is 1.44 bits per heavy atom. The topological polar surface area (TPSA) is 94.3 Å². The zero-order valence-corrected chi connectivity index (χ0v) is 9.58. The highest BCUT2D eigenvalue weighted by molar-refractivity contribution is 7.90. The monoisotopic (exact) mass is 263 g/mol. The summed E-state index contributed by atoms with van der Waals surface area (Å²) in [5.74, 6) is 0. The average molecular weight is 264 g/mol. The molecule has 0 amide bonds. The van der Waals surface area contributed by atoms with Crippen LogP contribution in [0, 0.1) is 10.1 Å². The second kappa shape index (κ2) is 4.18. The third-order valence-electron chi connectivity index (χ3n) is 1.78. The maximum Gasteiger partial charge on any atom is 0.288 e. The Bertz CT molecular complexity index is 566. The van der Waals surface area contributed by atoms with E-state index in [4.69, 9.17) is 11.6 Å². The second-order valence-corrected chi connectivity index (χ2v) is 5.31. The molecule has 0 heterocycles. The summed E-state index contributed by atoms with van der Waals surface area (Å²) in [4.78, 5) is 20.1. The molecule has 0 aliphatic heterocycles. The van der Waals surface area contributed by atoms with Gasteiger partial charge < -0.3 is 0 Å². The van der Waals surface area contributed by atoms with E-state index in [0.717, 1.165) is 24.5 Å². The Hall–Kier alpha value is -1.47. The number of sulfone groups is 1. The first-order valence-corrected chi connectivity index (χ1v) is 6.18. The summed E-state index contributed by atoms with van der Waals surface area (Å²) >= 11 is 5.14. The van der Waals surface area contributed by atoms with E-state index in [0.29, 0.717) is 0 Å². The molecule has 0 aliphatic rings. The fourth-order valence-electron chi connectivity index (χ4n) is 1.10. The molecule has 0 fully saturated rings. The summed E-state index contributed by atoms with van der Waals surface area (Å²) in [6.07, 6.45) is 0.845. The molecule has 0 atom stereocenters. The zero-order chi connectivity index (χ0) is 12.5. The summed E-state index contributed by atoms with van der Waals surface area (Å²) in [6, 6.07) is 2.95. The molecule has 86 valence electrons. The van der Waals surface area contributed by atoms with Crippen molar-refractivity contribution in [2.45, 2.75) is 4.90 Å². The Labute approximate surface area is 95.9 Å². The highest BCUT2D eigenvalue weighted by atomic mass is 35.5. The van der Waals surface area contributed by atoms with Gasteiger partial charge in [-0.1, -0.05) is 0 Å². The maximum atomic E-state index is 11.2. The molecule has 16 heavy (non-hydrogen) atoms. The van der Waals surface area contributed by atoms with E-state index in [1.165, 1.54) is 0 Å². The number of rotatable bonds is 3. The van der Waals surface area contributed by atoms with E-state index in [1.807, 2.05) is 0 Å². The molecule has 0 N–H and O–H groups in total. The minimum absolute atomic E-state index is 0.124. The molecular weight excluding hydrogens is 258 g/mol. The molecule has 0 spiro atoms. The fourth-order valence-corrected chi connectivity index (χ4v) is 2.04. The maximum absolute atomic E-state index is 11.2. The minimum atomic E-state index is -3.72. The van der Waals surface area contributed by atoms with Crippen LogP contribution in [0.1, 0.15) is 10.4 Å². The standard InChI is InChI=1S/C8H6ClNO5S/c1-16(14,15)7-3-2-5(8(9)11)4-6(7)10(12)13/h2-4H,1H3. The Morgan fingerprint density at radius 2 is 2.00 bits per heavy atom. The molecule has 0 unspecified atom stereocenters. The molecule has 0 radical (unpaired) electrons. The number of nitro groups is 1. The number of hydrogen-bond donors (Lipinski definition) is 0. The van der Waals surface area contributed by atoms with Crippen LogP contribution < -0.4 is 0 Å². The number of hydrogen-bond acceptors (Lipinski definition) is 5. The van der Waals surface area contributed by atoms with Crippen molar-refractivity contribution in [2.24, 2.45) is 0 Å². The summed E-state index contributed by atoms with van der Waals surface area (Å²) in [6.45, 7) is 0. The summed E-state index contributed by atoms with van der Waals surface area (Å²) in [5.41, 5.74) is -0.783. The van der Waals surface area contributed by atoms with Crippen LogP contribution in [0.25, 0.3) is 0 Å². The van der Waals surface area contributed by atoms with E-state index >= 15 is 0 Å². The van der Waals surface area contributed by atoms with Crippen molar-refractivity contribution in [3.05, 3.63) is 33.9 Å². The predicted octanol–water partition coefficient (Wildman–Crippen LogP) is 1.38. The predicted molar refractivity (Wildman–Crippen MR) is 56.4 cm³/mol. The van der Waals surface area contributed by atoms with Crippen LogP contribution in [0.4, 0.5) is 5.69 Å². The lowest BCUT2D eigenvalue weighted by molar-refractivity contribution is -0.387. The third kappa shape index (κ3) is 2.56. The number of benzene rings is 1. The van der Waals surface area contributed by atoms with Gasteiger partial charge in [0.05, 0.1) is 4.92 Å². The molecule has 1 aromatic rings. The van der Waals surface area contributed by atoms with E-state index in [2.05, 4.69) is 0 Å². The molecule has 1 rings (SSSR count). The molecule has 6 nitrogen and oxygen atoms in total. The molecule has 8 heteroatoms. The van der Waals surface area contributed by atoms with Gasteiger partial charge in [-0.2, -0.15) is 0 Å². The molecule has 0 saturated heterocycles.